The molecule has 0 aliphatic heterocycles. The lowest BCUT2D eigenvalue weighted by Gasteiger charge is -2.18. The standard InChI is InChI=1S/C22H30N4O2/c1-13(2)15(5)25-21(27)17-7-9-23-19(11-17)20-12-18(8-10-24-20)22(28)26-16(6)14(3)4/h7-16H,1-6H3,(H,25,27)(H,26,28)/t15-,16-/m1/s1. The highest BCUT2D eigenvalue weighted by molar-refractivity contribution is 5.96. The minimum Gasteiger partial charge on any atom is -0.349 e. The maximum absolute atomic E-state index is 12.5. The fourth-order valence-electron chi connectivity index (χ4n) is 2.34. The number of carbonyl (C=O) groups excluding carboxylic acids is 2. The molecule has 28 heavy (non-hydrogen) atoms. The van der Waals surface area contributed by atoms with Gasteiger partial charge in [-0.05, 0) is 49.9 Å². The molecule has 6 nitrogen and oxygen atoms in total. The molecule has 0 fully saturated rings. The molecule has 0 aromatic carbocycles. The quantitative estimate of drug-likeness (QED) is 0.765. The second-order valence-corrected chi connectivity index (χ2v) is 7.87. The third-order valence-corrected chi connectivity index (χ3v) is 5.02. The van der Waals surface area contributed by atoms with Crippen molar-refractivity contribution in [3.05, 3.63) is 47.8 Å². The van der Waals surface area contributed by atoms with Crippen molar-refractivity contribution < 1.29 is 9.59 Å². The normalized spacial score (nSPS) is 13.3. The Morgan fingerprint density at radius 3 is 1.39 bits per heavy atom. The van der Waals surface area contributed by atoms with E-state index in [9.17, 15) is 9.59 Å². The fraction of sp³-hybridized carbons (Fsp3) is 0.455. The lowest BCUT2D eigenvalue weighted by atomic mass is 10.1. The zero-order valence-electron chi connectivity index (χ0n) is 17.5. The molecule has 0 aliphatic carbocycles. The molecule has 2 amide bonds. The summed E-state index contributed by atoms with van der Waals surface area (Å²) in [6.07, 6.45) is 3.17. The molecule has 0 aliphatic rings. The number of nitrogens with one attached hydrogen (secondary N) is 2. The summed E-state index contributed by atoms with van der Waals surface area (Å²) in [6.45, 7) is 12.2. The van der Waals surface area contributed by atoms with E-state index in [-0.39, 0.29) is 23.9 Å². The van der Waals surface area contributed by atoms with Gasteiger partial charge in [0.1, 0.15) is 0 Å². The van der Waals surface area contributed by atoms with Gasteiger partial charge in [-0.2, -0.15) is 0 Å². The Kier molecular flexibility index (Phi) is 7.26. The average molecular weight is 383 g/mol. The SMILES string of the molecule is CC(C)[C@@H](C)NC(=O)c1ccnc(-c2cc(C(=O)N[C@H](C)C(C)C)ccn2)c1. The number of carbonyl (C=O) groups is 2. The van der Waals surface area contributed by atoms with E-state index in [1.165, 1.54) is 0 Å². The van der Waals surface area contributed by atoms with Crippen molar-refractivity contribution in [2.24, 2.45) is 11.8 Å². The minimum absolute atomic E-state index is 0.0669. The Labute approximate surface area is 167 Å². The van der Waals surface area contributed by atoms with Crippen LogP contribution >= 0.6 is 0 Å². The minimum atomic E-state index is -0.149. The summed E-state index contributed by atoms with van der Waals surface area (Å²) in [5.41, 5.74) is 2.14. The highest BCUT2D eigenvalue weighted by atomic mass is 16.2. The maximum Gasteiger partial charge on any atom is 0.251 e. The maximum atomic E-state index is 12.5. The van der Waals surface area contributed by atoms with Crippen molar-refractivity contribution in [3.63, 3.8) is 0 Å². The molecule has 0 bridgehead atoms. The molecule has 2 rings (SSSR count). The number of aromatic nitrogens is 2. The molecule has 150 valence electrons. The molecule has 2 aromatic rings. The van der Waals surface area contributed by atoms with E-state index in [0.717, 1.165) is 0 Å². The highest BCUT2D eigenvalue weighted by Crippen LogP contribution is 2.17. The molecular formula is C22H30N4O2. The van der Waals surface area contributed by atoms with Crippen LogP contribution in [0.1, 0.15) is 62.3 Å². The molecule has 2 heterocycles. The van der Waals surface area contributed by atoms with Crippen LogP contribution in [0.2, 0.25) is 0 Å². The van der Waals surface area contributed by atoms with Gasteiger partial charge < -0.3 is 10.6 Å². The molecule has 0 unspecified atom stereocenters. The van der Waals surface area contributed by atoms with Crippen LogP contribution in [-0.4, -0.2) is 33.9 Å². The van der Waals surface area contributed by atoms with Crippen molar-refractivity contribution in [1.29, 1.82) is 0 Å². The zero-order valence-corrected chi connectivity index (χ0v) is 17.5. The summed E-state index contributed by atoms with van der Waals surface area (Å²) in [6, 6.07) is 6.88. The summed E-state index contributed by atoms with van der Waals surface area (Å²) >= 11 is 0. The zero-order chi connectivity index (χ0) is 20.8. The van der Waals surface area contributed by atoms with Crippen LogP contribution < -0.4 is 10.6 Å². The van der Waals surface area contributed by atoms with Crippen molar-refractivity contribution in [2.75, 3.05) is 0 Å². The van der Waals surface area contributed by atoms with Crippen molar-refractivity contribution >= 4 is 11.8 Å². The second kappa shape index (κ2) is 9.44. The van der Waals surface area contributed by atoms with Crippen LogP contribution in [0.3, 0.4) is 0 Å². The molecule has 2 N–H and O–H groups in total. The van der Waals surface area contributed by atoms with E-state index in [4.69, 9.17) is 0 Å². The summed E-state index contributed by atoms with van der Waals surface area (Å²) in [5, 5.41) is 5.97. The molecule has 2 aromatic heterocycles. The van der Waals surface area contributed by atoms with Crippen LogP contribution in [0.15, 0.2) is 36.7 Å². The number of nitrogens with zero attached hydrogens (tertiary/aromatic N) is 2. The number of pyridine rings is 2. The first kappa shape index (κ1) is 21.5. The summed E-state index contributed by atoms with van der Waals surface area (Å²) in [7, 11) is 0. The van der Waals surface area contributed by atoms with Crippen LogP contribution in [0.4, 0.5) is 0 Å². The van der Waals surface area contributed by atoms with E-state index >= 15 is 0 Å². The number of rotatable bonds is 7. The molecule has 2 atom stereocenters. The first-order valence-electron chi connectivity index (χ1n) is 9.73. The van der Waals surface area contributed by atoms with Crippen LogP contribution in [0.25, 0.3) is 11.4 Å². The summed E-state index contributed by atoms with van der Waals surface area (Å²) in [4.78, 5) is 33.6. The van der Waals surface area contributed by atoms with E-state index in [1.54, 1.807) is 36.7 Å². The van der Waals surface area contributed by atoms with E-state index in [1.807, 2.05) is 13.8 Å². The van der Waals surface area contributed by atoms with Crippen molar-refractivity contribution in [1.82, 2.24) is 20.6 Å². The summed E-state index contributed by atoms with van der Waals surface area (Å²) in [5.74, 6) is 0.389. The molecular weight excluding hydrogens is 352 g/mol. The topological polar surface area (TPSA) is 84.0 Å². The van der Waals surface area contributed by atoms with Gasteiger partial charge in [0, 0.05) is 35.6 Å². The van der Waals surface area contributed by atoms with Crippen molar-refractivity contribution in [2.45, 2.75) is 53.6 Å². The number of hydrogen-bond acceptors (Lipinski definition) is 4. The van der Waals surface area contributed by atoms with Gasteiger partial charge in [0.05, 0.1) is 11.4 Å². The molecule has 0 saturated heterocycles. The Morgan fingerprint density at radius 2 is 1.07 bits per heavy atom. The lowest BCUT2D eigenvalue weighted by Crippen LogP contribution is -2.36. The third-order valence-electron chi connectivity index (χ3n) is 5.02. The van der Waals surface area contributed by atoms with Gasteiger partial charge in [-0.25, -0.2) is 0 Å². The van der Waals surface area contributed by atoms with Gasteiger partial charge >= 0.3 is 0 Å². The molecule has 0 radical (unpaired) electrons. The Bertz CT molecular complexity index is 763. The predicted octanol–water partition coefficient (Wildman–Crippen LogP) is 3.69. The monoisotopic (exact) mass is 382 g/mol. The highest BCUT2D eigenvalue weighted by Gasteiger charge is 2.16. The average Bonchev–Trinajstić information content (AvgIpc) is 2.67. The van der Waals surface area contributed by atoms with Gasteiger partial charge in [-0.3, -0.25) is 19.6 Å². The van der Waals surface area contributed by atoms with Gasteiger partial charge in [-0.1, -0.05) is 27.7 Å². The Morgan fingerprint density at radius 1 is 0.714 bits per heavy atom. The Hall–Kier alpha value is -2.76. The smallest absolute Gasteiger partial charge is 0.251 e. The largest absolute Gasteiger partial charge is 0.349 e. The first-order valence-corrected chi connectivity index (χ1v) is 9.73. The van der Waals surface area contributed by atoms with E-state index < -0.39 is 0 Å². The van der Waals surface area contributed by atoms with Crippen molar-refractivity contribution in [3.8, 4) is 11.4 Å². The van der Waals surface area contributed by atoms with E-state index in [2.05, 4.69) is 48.3 Å². The second-order valence-electron chi connectivity index (χ2n) is 7.87. The van der Waals surface area contributed by atoms with E-state index in [0.29, 0.717) is 34.4 Å². The van der Waals surface area contributed by atoms with Crippen LogP contribution in [0, 0.1) is 11.8 Å². The molecule has 0 spiro atoms. The van der Waals surface area contributed by atoms with Gasteiger partial charge in [0.15, 0.2) is 0 Å². The van der Waals surface area contributed by atoms with Gasteiger partial charge in [0.25, 0.3) is 11.8 Å². The molecule has 6 heteroatoms. The molecule has 0 saturated carbocycles. The number of hydrogen-bond donors (Lipinski definition) is 2. The first-order chi connectivity index (χ1) is 13.2. The third kappa shape index (κ3) is 5.62. The van der Waals surface area contributed by atoms with Gasteiger partial charge in [0.2, 0.25) is 0 Å². The van der Waals surface area contributed by atoms with Gasteiger partial charge in [-0.15, -0.1) is 0 Å². The van der Waals surface area contributed by atoms with Crippen LogP contribution in [0.5, 0.6) is 0 Å². The van der Waals surface area contributed by atoms with Crippen LogP contribution in [-0.2, 0) is 0 Å². The predicted molar refractivity (Wildman–Crippen MR) is 111 cm³/mol. The summed E-state index contributed by atoms with van der Waals surface area (Å²) < 4.78 is 0. The number of amides is 2. The fourth-order valence-corrected chi connectivity index (χ4v) is 2.34. The lowest BCUT2D eigenvalue weighted by molar-refractivity contribution is 0.0922. The Balaban J connectivity index is 2.22.